The normalized spacial score (nSPS) is 17.6. The highest BCUT2D eigenvalue weighted by Gasteiger charge is 2.60. The summed E-state index contributed by atoms with van der Waals surface area (Å²) in [6.07, 6.45) is -4.77. The third kappa shape index (κ3) is 4.19. The summed E-state index contributed by atoms with van der Waals surface area (Å²) in [6.45, 7) is 0. The predicted octanol–water partition coefficient (Wildman–Crippen LogP) is 6.19. The molecule has 2 heterocycles. The van der Waals surface area contributed by atoms with E-state index in [-0.39, 0.29) is 22.4 Å². The number of hydrogen-bond acceptors (Lipinski definition) is 5. The van der Waals surface area contributed by atoms with Crippen molar-refractivity contribution >= 4 is 28.9 Å². The van der Waals surface area contributed by atoms with Gasteiger partial charge in [-0.3, -0.25) is 10.3 Å². The van der Waals surface area contributed by atoms with Crippen molar-refractivity contribution in [1.82, 2.24) is 15.3 Å². The molecule has 1 aromatic heterocycles. The van der Waals surface area contributed by atoms with Crippen LogP contribution in [0.4, 0.5) is 22.0 Å². The van der Waals surface area contributed by atoms with E-state index in [2.05, 4.69) is 10.6 Å². The van der Waals surface area contributed by atoms with E-state index in [4.69, 9.17) is 33.3 Å². The number of nitriles is 2. The highest BCUT2D eigenvalue weighted by molar-refractivity contribution is 6.36. The Bertz CT molecular complexity index is 1410. The van der Waals surface area contributed by atoms with Crippen LogP contribution in [0.3, 0.4) is 0 Å². The summed E-state index contributed by atoms with van der Waals surface area (Å²) in [4.78, 5) is 4.97. The van der Waals surface area contributed by atoms with Gasteiger partial charge in [0.2, 0.25) is 5.60 Å². The second-order valence-corrected chi connectivity index (χ2v) is 8.09. The lowest BCUT2D eigenvalue weighted by Gasteiger charge is -2.29. The van der Waals surface area contributed by atoms with Gasteiger partial charge in [-0.25, -0.2) is 13.5 Å². The van der Waals surface area contributed by atoms with Gasteiger partial charge in [-0.15, -0.1) is 0 Å². The third-order valence-electron chi connectivity index (χ3n) is 5.20. The standard InChI is InChI=1S/C22H10Cl2F5N5O/c23-15-4-14(5-16(24)19(15)20(25)26)21(22(27,28)29)6-17(33-35-21)12-1-2-18(13(3-12)8-31)34-10-11(7-30)9-32-34/h1-6,9-10,20,33H. The molecule has 1 N–H and O–H groups in total. The van der Waals surface area contributed by atoms with Gasteiger partial charge in [-0.05, 0) is 30.3 Å². The zero-order valence-corrected chi connectivity index (χ0v) is 18.6. The maximum Gasteiger partial charge on any atom is 0.428 e. The van der Waals surface area contributed by atoms with Crippen molar-refractivity contribution in [2.75, 3.05) is 0 Å². The highest BCUT2D eigenvalue weighted by Crippen LogP contribution is 2.49. The molecule has 0 bridgehead atoms. The molecule has 1 aliphatic heterocycles. The summed E-state index contributed by atoms with van der Waals surface area (Å²) in [5.41, 5.74) is -1.72. The van der Waals surface area contributed by atoms with Crippen LogP contribution in [0.5, 0.6) is 0 Å². The fourth-order valence-corrected chi connectivity index (χ4v) is 4.15. The Morgan fingerprint density at radius 3 is 2.31 bits per heavy atom. The van der Waals surface area contributed by atoms with E-state index >= 15 is 0 Å². The smallest absolute Gasteiger partial charge is 0.265 e. The van der Waals surface area contributed by atoms with Gasteiger partial charge in [-0.1, -0.05) is 29.3 Å². The van der Waals surface area contributed by atoms with Gasteiger partial charge in [0.05, 0.1) is 44.3 Å². The SMILES string of the molecule is N#Cc1cnn(-c2ccc(C3=CC(c4cc(Cl)c(C(F)F)c(Cl)c4)(C(F)(F)F)ON3)cc2C#N)c1. The predicted molar refractivity (Wildman–Crippen MR) is 114 cm³/mol. The molecule has 35 heavy (non-hydrogen) atoms. The fraction of sp³-hybridized carbons (Fsp3) is 0.136. The first-order valence-electron chi connectivity index (χ1n) is 9.51. The number of aromatic nitrogens is 2. The number of alkyl halides is 5. The van der Waals surface area contributed by atoms with Crippen molar-refractivity contribution in [3.8, 4) is 17.8 Å². The van der Waals surface area contributed by atoms with Crippen molar-refractivity contribution in [2.45, 2.75) is 18.2 Å². The van der Waals surface area contributed by atoms with Crippen LogP contribution in [-0.4, -0.2) is 16.0 Å². The van der Waals surface area contributed by atoms with Crippen LogP contribution >= 0.6 is 23.2 Å². The molecule has 3 aromatic rings. The summed E-state index contributed by atoms with van der Waals surface area (Å²) in [5, 5.41) is 21.2. The topological polar surface area (TPSA) is 86.7 Å². The summed E-state index contributed by atoms with van der Waals surface area (Å²) in [6, 6.07) is 9.42. The number of benzene rings is 2. The Morgan fingerprint density at radius 2 is 1.77 bits per heavy atom. The Kier molecular flexibility index (Phi) is 6.20. The molecule has 4 rings (SSSR count). The first-order valence-corrected chi connectivity index (χ1v) is 10.3. The number of nitrogens with one attached hydrogen (secondary N) is 1. The minimum atomic E-state index is -5.05. The molecule has 1 aliphatic rings. The van der Waals surface area contributed by atoms with Gasteiger partial charge < -0.3 is 0 Å². The van der Waals surface area contributed by atoms with Crippen LogP contribution in [0.2, 0.25) is 10.0 Å². The van der Waals surface area contributed by atoms with E-state index in [1.165, 1.54) is 35.3 Å². The first kappa shape index (κ1) is 24.5. The van der Waals surface area contributed by atoms with Gasteiger partial charge >= 0.3 is 6.18 Å². The van der Waals surface area contributed by atoms with Crippen molar-refractivity contribution < 1.29 is 26.8 Å². The molecular formula is C22H10Cl2F5N5O. The van der Waals surface area contributed by atoms with Crippen molar-refractivity contribution in [1.29, 1.82) is 10.5 Å². The average molecular weight is 526 g/mol. The van der Waals surface area contributed by atoms with Crippen LogP contribution in [-0.2, 0) is 10.4 Å². The summed E-state index contributed by atoms with van der Waals surface area (Å²) in [7, 11) is 0. The number of nitrogens with zero attached hydrogens (tertiary/aromatic N) is 4. The Balaban J connectivity index is 1.81. The van der Waals surface area contributed by atoms with E-state index in [1.54, 1.807) is 0 Å². The van der Waals surface area contributed by atoms with Crippen LogP contribution in [0.15, 0.2) is 48.8 Å². The molecular weight excluding hydrogens is 516 g/mol. The molecule has 6 nitrogen and oxygen atoms in total. The van der Waals surface area contributed by atoms with Gasteiger partial charge in [0, 0.05) is 17.3 Å². The zero-order valence-electron chi connectivity index (χ0n) is 17.0. The summed E-state index contributed by atoms with van der Waals surface area (Å²) in [5.74, 6) is 0. The molecule has 0 amide bonds. The molecule has 0 saturated heterocycles. The molecule has 178 valence electrons. The van der Waals surface area contributed by atoms with Gasteiger partial charge in [0.25, 0.3) is 6.43 Å². The molecule has 0 fully saturated rings. The maximum atomic E-state index is 14.2. The largest absolute Gasteiger partial charge is 0.428 e. The van der Waals surface area contributed by atoms with E-state index in [1.807, 2.05) is 12.1 Å². The van der Waals surface area contributed by atoms with Crippen LogP contribution < -0.4 is 5.48 Å². The minimum Gasteiger partial charge on any atom is -0.265 e. The quantitative estimate of drug-likeness (QED) is 0.410. The number of hydroxylamine groups is 1. The lowest BCUT2D eigenvalue weighted by molar-refractivity contribution is -0.269. The minimum absolute atomic E-state index is 0.0506. The number of rotatable bonds is 4. The summed E-state index contributed by atoms with van der Waals surface area (Å²) < 4.78 is 70.3. The van der Waals surface area contributed by atoms with Crippen molar-refractivity contribution in [3.05, 3.63) is 86.7 Å². The van der Waals surface area contributed by atoms with Gasteiger partial charge in [0.15, 0.2) is 0 Å². The van der Waals surface area contributed by atoms with E-state index < -0.39 is 39.4 Å². The highest BCUT2D eigenvalue weighted by atomic mass is 35.5. The monoisotopic (exact) mass is 525 g/mol. The molecule has 0 spiro atoms. The number of hydrogen-bond donors (Lipinski definition) is 1. The molecule has 13 heteroatoms. The zero-order chi connectivity index (χ0) is 25.5. The Labute approximate surface area is 204 Å². The number of halogens is 7. The molecule has 0 radical (unpaired) electrons. The lowest BCUT2D eigenvalue weighted by atomic mass is 9.90. The average Bonchev–Trinajstić information content (AvgIpc) is 3.46. The van der Waals surface area contributed by atoms with Gasteiger partial charge in [0.1, 0.15) is 12.1 Å². The first-order chi connectivity index (χ1) is 16.5. The second-order valence-electron chi connectivity index (χ2n) is 7.28. The van der Waals surface area contributed by atoms with E-state index in [0.29, 0.717) is 11.8 Å². The van der Waals surface area contributed by atoms with E-state index in [9.17, 15) is 27.2 Å². The molecule has 1 unspecified atom stereocenters. The second kappa shape index (κ2) is 8.86. The molecule has 0 aliphatic carbocycles. The molecule has 1 atom stereocenters. The van der Waals surface area contributed by atoms with Crippen molar-refractivity contribution in [3.63, 3.8) is 0 Å². The third-order valence-corrected chi connectivity index (χ3v) is 5.83. The Hall–Kier alpha value is -3.64. The van der Waals surface area contributed by atoms with Crippen LogP contribution in [0, 0.1) is 22.7 Å². The van der Waals surface area contributed by atoms with Crippen LogP contribution in [0.25, 0.3) is 11.4 Å². The van der Waals surface area contributed by atoms with Crippen molar-refractivity contribution in [2.24, 2.45) is 0 Å². The van der Waals surface area contributed by atoms with Crippen LogP contribution in [0.1, 0.15) is 34.2 Å². The maximum absolute atomic E-state index is 14.2. The van der Waals surface area contributed by atoms with Gasteiger partial charge in [-0.2, -0.15) is 28.8 Å². The molecule has 2 aromatic carbocycles. The Morgan fingerprint density at radius 1 is 1.09 bits per heavy atom. The summed E-state index contributed by atoms with van der Waals surface area (Å²) >= 11 is 11.6. The molecule has 0 saturated carbocycles. The lowest BCUT2D eigenvalue weighted by Crippen LogP contribution is -2.42. The van der Waals surface area contributed by atoms with E-state index in [0.717, 1.165) is 12.1 Å². The fourth-order valence-electron chi connectivity index (χ4n) is 3.50.